The third-order valence-corrected chi connectivity index (χ3v) is 3.91. The minimum Gasteiger partial charge on any atom is -0.490 e. The van der Waals surface area contributed by atoms with Crippen molar-refractivity contribution >= 4 is 18.1 Å². The molecule has 1 aromatic heterocycles. The van der Waals surface area contributed by atoms with Crippen LogP contribution in [0.15, 0.2) is 49.1 Å². The topological polar surface area (TPSA) is 82.9 Å². The predicted molar refractivity (Wildman–Crippen MR) is 97.3 cm³/mol. The van der Waals surface area contributed by atoms with Gasteiger partial charge in [-0.05, 0) is 23.8 Å². The Labute approximate surface area is 157 Å². The molecule has 142 valence electrons. The molecule has 0 bridgehead atoms. The van der Waals surface area contributed by atoms with Crippen LogP contribution in [0.4, 0.5) is 4.79 Å². The summed E-state index contributed by atoms with van der Waals surface area (Å²) in [6, 6.07) is 7.32. The molecule has 8 nitrogen and oxygen atoms in total. The predicted octanol–water partition coefficient (Wildman–Crippen LogP) is 1.82. The smallest absolute Gasteiger partial charge is 0.419 e. The maximum Gasteiger partial charge on any atom is 0.419 e. The average molecular weight is 371 g/mol. The van der Waals surface area contributed by atoms with Crippen LogP contribution in [-0.4, -0.2) is 66.0 Å². The van der Waals surface area contributed by atoms with Crippen molar-refractivity contribution in [2.45, 2.75) is 0 Å². The van der Waals surface area contributed by atoms with Gasteiger partial charge in [-0.2, -0.15) is 0 Å². The number of amides is 1. The highest BCUT2D eigenvalue weighted by Gasteiger charge is 2.13. The van der Waals surface area contributed by atoms with E-state index in [0.29, 0.717) is 32.1 Å². The number of rotatable bonds is 6. The summed E-state index contributed by atoms with van der Waals surface area (Å²) in [6.07, 6.45) is 7.23. The quantitative estimate of drug-likeness (QED) is 0.569. The Morgan fingerprint density at radius 2 is 1.93 bits per heavy atom. The zero-order chi connectivity index (χ0) is 18.9. The third-order valence-electron chi connectivity index (χ3n) is 3.91. The number of hydrogen-bond acceptors (Lipinski definition) is 6. The van der Waals surface area contributed by atoms with Crippen molar-refractivity contribution in [3.05, 3.63) is 54.6 Å². The van der Waals surface area contributed by atoms with Gasteiger partial charge in [-0.15, -0.1) is 0 Å². The average Bonchev–Trinajstić information content (AvgIpc) is 3.26. The van der Waals surface area contributed by atoms with Crippen LogP contribution in [0.3, 0.4) is 0 Å². The van der Waals surface area contributed by atoms with Crippen LogP contribution in [0.2, 0.25) is 0 Å². The molecule has 0 aliphatic carbocycles. The summed E-state index contributed by atoms with van der Waals surface area (Å²) in [6.45, 7) is 2.80. The summed E-state index contributed by atoms with van der Waals surface area (Å²) in [4.78, 5) is 29.2. The molecule has 2 heterocycles. The highest BCUT2D eigenvalue weighted by molar-refractivity contribution is 5.91. The fourth-order valence-electron chi connectivity index (χ4n) is 2.46. The highest BCUT2D eigenvalue weighted by Crippen LogP contribution is 2.13. The summed E-state index contributed by atoms with van der Waals surface area (Å²) in [7, 11) is 0. The number of hydrogen-bond donors (Lipinski definition) is 0. The first-order chi connectivity index (χ1) is 13.2. The van der Waals surface area contributed by atoms with Crippen LogP contribution in [0.1, 0.15) is 5.56 Å². The molecule has 0 radical (unpaired) electrons. The first-order valence-electron chi connectivity index (χ1n) is 8.65. The number of aromatic nitrogens is 2. The van der Waals surface area contributed by atoms with E-state index in [1.165, 1.54) is 23.3 Å². The van der Waals surface area contributed by atoms with Crippen LogP contribution in [0.5, 0.6) is 5.75 Å². The van der Waals surface area contributed by atoms with Crippen LogP contribution in [0.25, 0.3) is 6.08 Å². The lowest BCUT2D eigenvalue weighted by molar-refractivity contribution is -0.129. The van der Waals surface area contributed by atoms with E-state index in [-0.39, 0.29) is 19.1 Å². The monoisotopic (exact) mass is 371 g/mol. The van der Waals surface area contributed by atoms with Gasteiger partial charge in [0.15, 0.2) is 0 Å². The van der Waals surface area contributed by atoms with Crippen molar-refractivity contribution in [2.24, 2.45) is 0 Å². The summed E-state index contributed by atoms with van der Waals surface area (Å²) in [5.74, 6) is 0.642. The minimum atomic E-state index is -0.499. The van der Waals surface area contributed by atoms with E-state index in [1.54, 1.807) is 29.2 Å². The lowest BCUT2D eigenvalue weighted by Gasteiger charge is -2.25. The van der Waals surface area contributed by atoms with E-state index in [1.807, 2.05) is 12.1 Å². The first kappa shape index (κ1) is 18.7. The molecular weight excluding hydrogens is 350 g/mol. The SMILES string of the molecule is O=C(/C=C/c1ccc(OCCOC(=O)n2ccnc2)cc1)N1CCOCC1. The van der Waals surface area contributed by atoms with Gasteiger partial charge in [0.25, 0.3) is 0 Å². The second kappa shape index (κ2) is 9.54. The fraction of sp³-hybridized carbons (Fsp3) is 0.316. The van der Waals surface area contributed by atoms with Gasteiger partial charge in [0, 0.05) is 31.6 Å². The zero-order valence-electron chi connectivity index (χ0n) is 14.8. The van der Waals surface area contributed by atoms with E-state index in [0.717, 1.165) is 5.56 Å². The molecule has 0 atom stereocenters. The van der Waals surface area contributed by atoms with Gasteiger partial charge in [0.05, 0.1) is 13.2 Å². The summed E-state index contributed by atoms with van der Waals surface area (Å²) < 4.78 is 17.1. The Morgan fingerprint density at radius 1 is 1.15 bits per heavy atom. The van der Waals surface area contributed by atoms with Gasteiger partial charge in [-0.25, -0.2) is 14.3 Å². The molecule has 1 aliphatic rings. The number of nitrogens with zero attached hydrogens (tertiary/aromatic N) is 3. The molecule has 3 rings (SSSR count). The number of carbonyl (C=O) groups excluding carboxylic acids is 2. The molecule has 1 aromatic carbocycles. The van der Waals surface area contributed by atoms with Gasteiger partial charge < -0.3 is 19.1 Å². The molecule has 1 saturated heterocycles. The molecule has 0 spiro atoms. The number of ether oxygens (including phenoxy) is 3. The molecule has 2 aromatic rings. The van der Waals surface area contributed by atoms with Crippen LogP contribution >= 0.6 is 0 Å². The normalized spacial score (nSPS) is 14.3. The lowest BCUT2D eigenvalue weighted by Crippen LogP contribution is -2.39. The number of carbonyl (C=O) groups is 2. The van der Waals surface area contributed by atoms with Crippen molar-refractivity contribution in [3.63, 3.8) is 0 Å². The van der Waals surface area contributed by atoms with E-state index < -0.39 is 6.09 Å². The Bertz CT molecular complexity index is 765. The molecule has 1 fully saturated rings. The van der Waals surface area contributed by atoms with Gasteiger partial charge in [0.2, 0.25) is 5.91 Å². The van der Waals surface area contributed by atoms with E-state index in [9.17, 15) is 9.59 Å². The minimum absolute atomic E-state index is 0.0154. The van der Waals surface area contributed by atoms with E-state index in [2.05, 4.69) is 4.98 Å². The van der Waals surface area contributed by atoms with Crippen LogP contribution in [0, 0.1) is 0 Å². The third kappa shape index (κ3) is 5.68. The van der Waals surface area contributed by atoms with Gasteiger partial charge in [0.1, 0.15) is 25.3 Å². The Kier molecular flexibility index (Phi) is 6.59. The molecule has 1 amide bonds. The first-order valence-corrected chi connectivity index (χ1v) is 8.65. The fourth-order valence-corrected chi connectivity index (χ4v) is 2.46. The van der Waals surface area contributed by atoms with Crippen molar-refractivity contribution in [1.29, 1.82) is 0 Å². The van der Waals surface area contributed by atoms with Crippen molar-refractivity contribution in [3.8, 4) is 5.75 Å². The summed E-state index contributed by atoms with van der Waals surface area (Å²) in [5, 5.41) is 0. The highest BCUT2D eigenvalue weighted by atomic mass is 16.6. The zero-order valence-corrected chi connectivity index (χ0v) is 14.8. The van der Waals surface area contributed by atoms with E-state index in [4.69, 9.17) is 14.2 Å². The maximum atomic E-state index is 12.1. The molecular formula is C19H21N3O5. The van der Waals surface area contributed by atoms with Gasteiger partial charge in [-0.1, -0.05) is 12.1 Å². The van der Waals surface area contributed by atoms with Crippen LogP contribution in [-0.2, 0) is 14.3 Å². The summed E-state index contributed by atoms with van der Waals surface area (Å²) in [5.41, 5.74) is 0.899. The lowest BCUT2D eigenvalue weighted by atomic mass is 10.2. The number of imidazole rings is 1. The Morgan fingerprint density at radius 3 is 2.63 bits per heavy atom. The van der Waals surface area contributed by atoms with Crippen LogP contribution < -0.4 is 4.74 Å². The molecule has 0 unspecified atom stereocenters. The van der Waals surface area contributed by atoms with Gasteiger partial charge in [-0.3, -0.25) is 4.79 Å². The summed E-state index contributed by atoms with van der Waals surface area (Å²) >= 11 is 0. The number of morpholine rings is 1. The Hall–Kier alpha value is -3.13. The second-order valence-corrected chi connectivity index (χ2v) is 5.77. The maximum absolute atomic E-state index is 12.1. The van der Waals surface area contributed by atoms with Gasteiger partial charge >= 0.3 is 6.09 Å². The standard InChI is InChI=1S/C19H21N3O5/c23-18(21-9-11-25-12-10-21)6-3-16-1-4-17(5-2-16)26-13-14-27-19(24)22-8-7-20-15-22/h1-8,15H,9-14H2/b6-3+. The van der Waals surface area contributed by atoms with E-state index >= 15 is 0 Å². The Balaban J connectivity index is 1.40. The molecule has 8 heteroatoms. The second-order valence-electron chi connectivity index (χ2n) is 5.77. The van der Waals surface area contributed by atoms with Crippen molar-refractivity contribution in [2.75, 3.05) is 39.5 Å². The largest absolute Gasteiger partial charge is 0.490 e. The molecule has 27 heavy (non-hydrogen) atoms. The molecule has 1 aliphatic heterocycles. The number of benzene rings is 1. The molecule has 0 saturated carbocycles. The van der Waals surface area contributed by atoms with Crippen molar-refractivity contribution in [1.82, 2.24) is 14.5 Å². The van der Waals surface area contributed by atoms with Crippen molar-refractivity contribution < 1.29 is 23.8 Å². The molecule has 0 N–H and O–H groups in total.